The third-order valence-corrected chi connectivity index (χ3v) is 3.65. The molecule has 1 atom stereocenters. The van der Waals surface area contributed by atoms with E-state index < -0.39 is 23.6 Å². The lowest BCUT2D eigenvalue weighted by molar-refractivity contribution is -0.137. The second-order valence-corrected chi connectivity index (χ2v) is 5.42. The van der Waals surface area contributed by atoms with Crippen LogP contribution < -0.4 is 11.1 Å². The van der Waals surface area contributed by atoms with Gasteiger partial charge in [0.25, 0.3) is 11.8 Å². The third kappa shape index (κ3) is 3.66. The summed E-state index contributed by atoms with van der Waals surface area (Å²) in [5.41, 5.74) is 6.49. The van der Waals surface area contributed by atoms with Crippen LogP contribution in [0.4, 0.5) is 0 Å². The largest absolute Gasteiger partial charge is 0.438 e. The Balaban J connectivity index is 1.83. The molecule has 0 aromatic carbocycles. The standard InChI is InChI=1S/C17H15N5O4/c18-16(24)14(23)12(7-10-4-6-19-8-10)22-17(25)15-13(21-9-26-15)11-3-1-2-5-20-11/h1-6,8-9,12,19H,7H2,(H2,18,24)(H,22,25). The van der Waals surface area contributed by atoms with E-state index in [1.807, 2.05) is 0 Å². The number of carbonyl (C=O) groups excluding carboxylic acids is 3. The molecule has 0 bridgehead atoms. The van der Waals surface area contributed by atoms with E-state index in [1.165, 1.54) is 0 Å². The van der Waals surface area contributed by atoms with Gasteiger partial charge in [0.05, 0.1) is 5.69 Å². The number of hydrogen-bond donors (Lipinski definition) is 3. The first kappa shape index (κ1) is 17.1. The topological polar surface area (TPSA) is 144 Å². The molecule has 0 spiro atoms. The molecule has 0 aliphatic carbocycles. The number of nitrogens with one attached hydrogen (secondary N) is 2. The van der Waals surface area contributed by atoms with Crippen molar-refractivity contribution in [2.75, 3.05) is 0 Å². The van der Waals surface area contributed by atoms with Crippen molar-refractivity contribution in [3.8, 4) is 11.4 Å². The molecule has 9 heteroatoms. The summed E-state index contributed by atoms with van der Waals surface area (Å²) in [7, 11) is 0. The Hall–Kier alpha value is -3.75. The van der Waals surface area contributed by atoms with Gasteiger partial charge in [-0.3, -0.25) is 19.4 Å². The highest BCUT2D eigenvalue weighted by Crippen LogP contribution is 2.19. The summed E-state index contributed by atoms with van der Waals surface area (Å²) in [6, 6.07) is 5.73. The van der Waals surface area contributed by atoms with Crippen LogP contribution in [-0.2, 0) is 16.0 Å². The quantitative estimate of drug-likeness (QED) is 0.526. The molecule has 0 fully saturated rings. The lowest BCUT2D eigenvalue weighted by Gasteiger charge is -2.15. The van der Waals surface area contributed by atoms with Gasteiger partial charge in [0, 0.05) is 25.0 Å². The van der Waals surface area contributed by atoms with Crippen LogP contribution in [0, 0.1) is 0 Å². The zero-order valence-electron chi connectivity index (χ0n) is 13.5. The molecule has 0 radical (unpaired) electrons. The van der Waals surface area contributed by atoms with Gasteiger partial charge in [-0.05, 0) is 23.8 Å². The fourth-order valence-corrected chi connectivity index (χ4v) is 2.42. The Bertz CT molecular complexity index is 918. The minimum absolute atomic E-state index is 0.101. The van der Waals surface area contributed by atoms with Crippen molar-refractivity contribution in [2.24, 2.45) is 5.73 Å². The number of nitrogens with two attached hydrogens (primary N) is 1. The molecule has 9 nitrogen and oxygen atoms in total. The monoisotopic (exact) mass is 353 g/mol. The number of hydrogen-bond acceptors (Lipinski definition) is 6. The molecule has 3 aromatic heterocycles. The Kier molecular flexibility index (Phi) is 4.88. The first-order valence-electron chi connectivity index (χ1n) is 7.67. The molecule has 2 amide bonds. The summed E-state index contributed by atoms with van der Waals surface area (Å²) in [5.74, 6) is -2.84. The van der Waals surface area contributed by atoms with E-state index in [2.05, 4.69) is 20.3 Å². The minimum Gasteiger partial charge on any atom is -0.438 e. The number of pyridine rings is 1. The number of ketones is 1. The van der Waals surface area contributed by atoms with Crippen molar-refractivity contribution < 1.29 is 18.8 Å². The lowest BCUT2D eigenvalue weighted by Crippen LogP contribution is -2.47. The fraction of sp³-hybridized carbons (Fsp3) is 0.118. The van der Waals surface area contributed by atoms with E-state index in [0.717, 1.165) is 12.0 Å². The van der Waals surface area contributed by atoms with E-state index in [1.54, 1.807) is 42.9 Å². The van der Waals surface area contributed by atoms with Gasteiger partial charge < -0.3 is 20.5 Å². The number of aromatic amines is 1. The average Bonchev–Trinajstić information content (AvgIpc) is 3.32. The van der Waals surface area contributed by atoms with Crippen LogP contribution in [0.3, 0.4) is 0 Å². The molecule has 0 saturated carbocycles. The van der Waals surface area contributed by atoms with Crippen molar-refractivity contribution >= 4 is 17.6 Å². The van der Waals surface area contributed by atoms with Crippen molar-refractivity contribution in [1.29, 1.82) is 0 Å². The van der Waals surface area contributed by atoms with Gasteiger partial charge in [-0.15, -0.1) is 0 Å². The molecule has 3 aromatic rings. The summed E-state index contributed by atoms with van der Waals surface area (Å²) in [6.45, 7) is 0. The zero-order chi connectivity index (χ0) is 18.5. The molecule has 3 rings (SSSR count). The van der Waals surface area contributed by atoms with Crippen LogP contribution in [0.25, 0.3) is 11.4 Å². The maximum Gasteiger partial charge on any atom is 0.290 e. The van der Waals surface area contributed by atoms with Crippen molar-refractivity contribution in [2.45, 2.75) is 12.5 Å². The third-order valence-electron chi connectivity index (χ3n) is 3.65. The van der Waals surface area contributed by atoms with Crippen LogP contribution in [0.1, 0.15) is 16.1 Å². The second kappa shape index (κ2) is 7.43. The predicted molar refractivity (Wildman–Crippen MR) is 89.7 cm³/mol. The van der Waals surface area contributed by atoms with Crippen molar-refractivity contribution in [3.63, 3.8) is 0 Å². The van der Waals surface area contributed by atoms with Crippen molar-refractivity contribution in [1.82, 2.24) is 20.3 Å². The SMILES string of the molecule is NC(=O)C(=O)C(Cc1cc[nH]c1)NC(=O)c1ocnc1-c1ccccn1. The Morgan fingerprint density at radius 2 is 2.08 bits per heavy atom. The van der Waals surface area contributed by atoms with Crippen LogP contribution in [0.5, 0.6) is 0 Å². The molecule has 0 aliphatic heterocycles. The van der Waals surface area contributed by atoms with Crippen molar-refractivity contribution in [3.05, 3.63) is 60.6 Å². The second-order valence-electron chi connectivity index (χ2n) is 5.42. The highest BCUT2D eigenvalue weighted by atomic mass is 16.3. The van der Waals surface area contributed by atoms with E-state index in [9.17, 15) is 14.4 Å². The van der Waals surface area contributed by atoms with Crippen LogP contribution in [0.2, 0.25) is 0 Å². The van der Waals surface area contributed by atoms with Gasteiger partial charge in [0.2, 0.25) is 11.5 Å². The number of Topliss-reactive ketones (excluding diaryl/α,β-unsaturated/α-hetero) is 1. The highest BCUT2D eigenvalue weighted by Gasteiger charge is 2.28. The van der Waals surface area contributed by atoms with Gasteiger partial charge >= 0.3 is 0 Å². The van der Waals surface area contributed by atoms with E-state index in [0.29, 0.717) is 5.69 Å². The molecule has 3 heterocycles. The smallest absolute Gasteiger partial charge is 0.290 e. The number of rotatable bonds is 7. The summed E-state index contributed by atoms with van der Waals surface area (Å²) >= 11 is 0. The molecular formula is C17H15N5O4. The van der Waals surface area contributed by atoms with E-state index >= 15 is 0 Å². The fourth-order valence-electron chi connectivity index (χ4n) is 2.42. The maximum atomic E-state index is 12.6. The molecule has 132 valence electrons. The first-order chi connectivity index (χ1) is 12.6. The Morgan fingerprint density at radius 3 is 2.73 bits per heavy atom. The lowest BCUT2D eigenvalue weighted by atomic mass is 10.0. The number of amides is 2. The summed E-state index contributed by atoms with van der Waals surface area (Å²) < 4.78 is 5.16. The number of primary amides is 1. The van der Waals surface area contributed by atoms with Gasteiger partial charge in [0.15, 0.2) is 6.39 Å². The van der Waals surface area contributed by atoms with E-state index in [-0.39, 0.29) is 17.9 Å². The molecule has 0 saturated heterocycles. The minimum atomic E-state index is -1.13. The van der Waals surface area contributed by atoms with Gasteiger partial charge in [-0.2, -0.15) is 0 Å². The molecule has 1 unspecified atom stereocenters. The molecular weight excluding hydrogens is 338 g/mol. The van der Waals surface area contributed by atoms with Gasteiger partial charge in [-0.1, -0.05) is 6.07 Å². The summed E-state index contributed by atoms with van der Waals surface area (Å²) in [5, 5.41) is 2.48. The molecule has 0 aliphatic rings. The first-order valence-corrected chi connectivity index (χ1v) is 7.67. The summed E-state index contributed by atoms with van der Waals surface area (Å²) in [4.78, 5) is 46.9. The summed E-state index contributed by atoms with van der Waals surface area (Å²) in [6.07, 6.45) is 6.08. The van der Waals surface area contributed by atoms with Crippen LogP contribution >= 0.6 is 0 Å². The molecule has 4 N–H and O–H groups in total. The number of nitrogens with zero attached hydrogens (tertiary/aromatic N) is 2. The predicted octanol–water partition coefficient (Wildman–Crippen LogP) is 0.460. The zero-order valence-corrected chi connectivity index (χ0v) is 13.5. The number of oxazole rings is 1. The number of H-pyrrole nitrogens is 1. The average molecular weight is 353 g/mol. The Morgan fingerprint density at radius 1 is 1.23 bits per heavy atom. The van der Waals surface area contributed by atoms with Gasteiger partial charge in [0.1, 0.15) is 11.7 Å². The number of aromatic nitrogens is 3. The highest BCUT2D eigenvalue weighted by molar-refractivity contribution is 6.38. The maximum absolute atomic E-state index is 12.6. The normalized spacial score (nSPS) is 11.7. The molecule has 26 heavy (non-hydrogen) atoms. The van der Waals surface area contributed by atoms with Gasteiger partial charge in [-0.25, -0.2) is 4.98 Å². The Labute approximate surface area is 147 Å². The van der Waals surface area contributed by atoms with Crippen LogP contribution in [0.15, 0.2) is 53.7 Å². The van der Waals surface area contributed by atoms with Crippen LogP contribution in [-0.4, -0.2) is 38.6 Å². The van der Waals surface area contributed by atoms with E-state index in [4.69, 9.17) is 10.2 Å². The number of carbonyl (C=O) groups is 3.